The van der Waals surface area contributed by atoms with Gasteiger partial charge in [0.1, 0.15) is 0 Å². The average Bonchev–Trinajstić information content (AvgIpc) is 2.42. The van der Waals surface area contributed by atoms with Crippen LogP contribution in [0.2, 0.25) is 0 Å². The smallest absolute Gasteiger partial charge is 0.0854 e. The van der Waals surface area contributed by atoms with E-state index in [4.69, 9.17) is 0 Å². The highest BCUT2D eigenvalue weighted by Gasteiger charge is 2.31. The summed E-state index contributed by atoms with van der Waals surface area (Å²) in [7, 11) is 0. The maximum absolute atomic E-state index is 10.5. The molecule has 0 saturated heterocycles. The summed E-state index contributed by atoms with van der Waals surface area (Å²) in [6, 6.07) is 0. The molecule has 0 aromatic heterocycles. The molecule has 0 atom stereocenters. The first kappa shape index (κ1) is 16.8. The second-order valence-electron chi connectivity index (χ2n) is 6.42. The molecule has 1 fully saturated rings. The van der Waals surface area contributed by atoms with Gasteiger partial charge in [-0.3, -0.25) is 0 Å². The van der Waals surface area contributed by atoms with E-state index in [2.05, 4.69) is 13.5 Å². The minimum atomic E-state index is -0.515. The zero-order chi connectivity index (χ0) is 14.0. The topological polar surface area (TPSA) is 20.2 Å². The highest BCUT2D eigenvalue weighted by Crippen LogP contribution is 2.35. The molecule has 0 heterocycles. The van der Waals surface area contributed by atoms with Gasteiger partial charge >= 0.3 is 0 Å². The number of rotatable bonds is 10. The van der Waals surface area contributed by atoms with Crippen LogP contribution in [0.15, 0.2) is 12.2 Å². The Kier molecular flexibility index (Phi) is 8.45. The van der Waals surface area contributed by atoms with E-state index in [1.54, 1.807) is 0 Å². The molecular formula is C18H34O. The van der Waals surface area contributed by atoms with E-state index in [0.29, 0.717) is 0 Å². The zero-order valence-electron chi connectivity index (χ0n) is 13.1. The van der Waals surface area contributed by atoms with Crippen LogP contribution in [0.3, 0.4) is 0 Å². The third-order valence-electron chi connectivity index (χ3n) is 4.67. The van der Waals surface area contributed by atoms with Crippen molar-refractivity contribution in [1.29, 1.82) is 0 Å². The summed E-state index contributed by atoms with van der Waals surface area (Å²) in [6.07, 6.45) is 17.4. The van der Waals surface area contributed by atoms with Gasteiger partial charge < -0.3 is 5.11 Å². The molecule has 1 aliphatic carbocycles. The largest absolute Gasteiger partial charge is 0.386 e. The molecule has 0 unspecified atom stereocenters. The maximum Gasteiger partial charge on any atom is 0.0854 e. The van der Waals surface area contributed by atoms with Crippen LogP contribution < -0.4 is 0 Å². The van der Waals surface area contributed by atoms with Crippen molar-refractivity contribution in [3.05, 3.63) is 12.2 Å². The second-order valence-corrected chi connectivity index (χ2v) is 6.42. The Labute approximate surface area is 120 Å². The lowest BCUT2D eigenvalue weighted by Crippen LogP contribution is -2.33. The fourth-order valence-corrected chi connectivity index (χ4v) is 3.20. The van der Waals surface area contributed by atoms with Crippen molar-refractivity contribution in [2.45, 2.75) is 102 Å². The fourth-order valence-electron chi connectivity index (χ4n) is 3.20. The molecule has 1 heteroatoms. The van der Waals surface area contributed by atoms with E-state index in [0.717, 1.165) is 24.8 Å². The Hall–Kier alpha value is -0.300. The van der Waals surface area contributed by atoms with Crippen LogP contribution >= 0.6 is 0 Å². The highest BCUT2D eigenvalue weighted by atomic mass is 16.3. The molecule has 0 aromatic carbocycles. The molecule has 112 valence electrons. The molecule has 0 radical (unpaired) electrons. The summed E-state index contributed by atoms with van der Waals surface area (Å²) >= 11 is 0. The van der Waals surface area contributed by atoms with Crippen molar-refractivity contribution in [2.75, 3.05) is 0 Å². The molecule has 0 spiro atoms. The summed E-state index contributed by atoms with van der Waals surface area (Å²) in [6.45, 7) is 6.42. The first-order valence-corrected chi connectivity index (χ1v) is 8.59. The molecule has 0 aliphatic heterocycles. The van der Waals surface area contributed by atoms with E-state index in [-0.39, 0.29) is 0 Å². The summed E-state index contributed by atoms with van der Waals surface area (Å²) in [5.74, 6) is 0. The van der Waals surface area contributed by atoms with Gasteiger partial charge in [-0.25, -0.2) is 0 Å². The predicted molar refractivity (Wildman–Crippen MR) is 84.4 cm³/mol. The van der Waals surface area contributed by atoms with Gasteiger partial charge in [0.15, 0.2) is 0 Å². The maximum atomic E-state index is 10.5. The molecular weight excluding hydrogens is 232 g/mol. The molecule has 1 nitrogen and oxygen atoms in total. The summed E-state index contributed by atoms with van der Waals surface area (Å²) in [5.41, 5.74) is 0.595. The monoisotopic (exact) mass is 266 g/mol. The second kappa shape index (κ2) is 9.58. The van der Waals surface area contributed by atoms with E-state index in [9.17, 15) is 5.11 Å². The van der Waals surface area contributed by atoms with Crippen LogP contribution in [0.25, 0.3) is 0 Å². The molecule has 1 rings (SSSR count). The van der Waals surface area contributed by atoms with Crippen molar-refractivity contribution in [3.8, 4) is 0 Å². The zero-order valence-corrected chi connectivity index (χ0v) is 13.1. The van der Waals surface area contributed by atoms with Crippen molar-refractivity contribution in [1.82, 2.24) is 0 Å². The third-order valence-corrected chi connectivity index (χ3v) is 4.67. The van der Waals surface area contributed by atoms with Gasteiger partial charge in [-0.05, 0) is 31.3 Å². The SMILES string of the molecule is C=C(CCCCCCCCCC)C1(O)CCCCC1. The van der Waals surface area contributed by atoms with Gasteiger partial charge in [-0.15, -0.1) is 0 Å². The normalized spacial score (nSPS) is 18.4. The van der Waals surface area contributed by atoms with Gasteiger partial charge in [0.2, 0.25) is 0 Å². The summed E-state index contributed by atoms with van der Waals surface area (Å²) < 4.78 is 0. The minimum Gasteiger partial charge on any atom is -0.386 e. The minimum absolute atomic E-state index is 0.515. The first-order chi connectivity index (χ1) is 9.19. The van der Waals surface area contributed by atoms with Crippen LogP contribution in [0.1, 0.15) is 96.8 Å². The van der Waals surface area contributed by atoms with E-state index >= 15 is 0 Å². The van der Waals surface area contributed by atoms with Crippen molar-refractivity contribution >= 4 is 0 Å². The number of unbranched alkanes of at least 4 members (excludes halogenated alkanes) is 7. The van der Waals surface area contributed by atoms with Crippen LogP contribution in [-0.4, -0.2) is 10.7 Å². The van der Waals surface area contributed by atoms with Crippen LogP contribution in [0, 0.1) is 0 Å². The molecule has 0 aromatic rings. The number of aliphatic hydroxyl groups is 1. The van der Waals surface area contributed by atoms with E-state index in [1.807, 2.05) is 0 Å². The molecule has 0 amide bonds. The van der Waals surface area contributed by atoms with Gasteiger partial charge in [-0.2, -0.15) is 0 Å². The van der Waals surface area contributed by atoms with Gasteiger partial charge in [0.25, 0.3) is 0 Å². The molecule has 1 aliphatic rings. The summed E-state index contributed by atoms with van der Waals surface area (Å²) in [5, 5.41) is 10.5. The lowest BCUT2D eigenvalue weighted by atomic mass is 9.78. The van der Waals surface area contributed by atoms with E-state index < -0.39 is 5.60 Å². The van der Waals surface area contributed by atoms with Gasteiger partial charge in [-0.1, -0.05) is 77.7 Å². The van der Waals surface area contributed by atoms with Crippen LogP contribution in [-0.2, 0) is 0 Å². The Morgan fingerprint density at radius 2 is 1.42 bits per heavy atom. The van der Waals surface area contributed by atoms with E-state index in [1.165, 1.54) is 70.6 Å². The first-order valence-electron chi connectivity index (χ1n) is 8.59. The predicted octanol–water partition coefficient (Wildman–Crippen LogP) is 5.77. The van der Waals surface area contributed by atoms with Crippen molar-refractivity contribution < 1.29 is 5.11 Å². The van der Waals surface area contributed by atoms with Gasteiger partial charge in [0.05, 0.1) is 5.60 Å². The lowest BCUT2D eigenvalue weighted by molar-refractivity contribution is 0.0366. The molecule has 19 heavy (non-hydrogen) atoms. The Bertz CT molecular complexity index is 238. The highest BCUT2D eigenvalue weighted by molar-refractivity contribution is 5.13. The molecule has 0 bridgehead atoms. The van der Waals surface area contributed by atoms with Gasteiger partial charge in [0, 0.05) is 0 Å². The van der Waals surface area contributed by atoms with Crippen LogP contribution in [0.4, 0.5) is 0 Å². The lowest BCUT2D eigenvalue weighted by Gasteiger charge is -2.34. The Balaban J connectivity index is 2.01. The van der Waals surface area contributed by atoms with Crippen molar-refractivity contribution in [2.24, 2.45) is 0 Å². The quantitative estimate of drug-likeness (QED) is 0.393. The average molecular weight is 266 g/mol. The van der Waals surface area contributed by atoms with Crippen LogP contribution in [0.5, 0.6) is 0 Å². The Morgan fingerprint density at radius 3 is 2.00 bits per heavy atom. The standard InChI is InChI=1S/C18H34O/c1-3-4-5-6-7-8-9-11-14-17(2)18(19)15-12-10-13-16-18/h19H,2-16H2,1H3. The Morgan fingerprint density at radius 1 is 0.895 bits per heavy atom. The fraction of sp³-hybridized carbons (Fsp3) is 0.889. The molecule has 1 N–H and O–H groups in total. The molecule has 1 saturated carbocycles. The summed E-state index contributed by atoms with van der Waals surface area (Å²) in [4.78, 5) is 0. The van der Waals surface area contributed by atoms with Crippen molar-refractivity contribution in [3.63, 3.8) is 0 Å². The number of hydrogen-bond acceptors (Lipinski definition) is 1. The number of hydrogen-bond donors (Lipinski definition) is 1. The third kappa shape index (κ3) is 6.61.